The Morgan fingerprint density at radius 1 is 1.05 bits per heavy atom. The number of methoxy groups -OCH3 is 1. The molecule has 96 valence electrons. The van der Waals surface area contributed by atoms with Crippen LogP contribution in [0.4, 0.5) is 5.69 Å². The van der Waals surface area contributed by atoms with E-state index in [1.54, 1.807) is 18.2 Å². The molecule has 1 N–H and O–H groups in total. The monoisotopic (exact) mass is 254 g/mol. The number of rotatable bonds is 4. The Balaban J connectivity index is 2.21. The van der Waals surface area contributed by atoms with Crippen LogP contribution in [0.3, 0.4) is 0 Å². The topological polar surface area (TPSA) is 54.3 Å². The van der Waals surface area contributed by atoms with Gasteiger partial charge < -0.3 is 14.8 Å². The SMILES string of the molecule is CNc1ccc(Oc2ccc(C#N)c(OC)c2)cc1. The maximum absolute atomic E-state index is 8.91. The van der Waals surface area contributed by atoms with E-state index in [-0.39, 0.29) is 0 Å². The number of benzene rings is 2. The summed E-state index contributed by atoms with van der Waals surface area (Å²) < 4.78 is 10.8. The van der Waals surface area contributed by atoms with Gasteiger partial charge in [-0.2, -0.15) is 5.26 Å². The van der Waals surface area contributed by atoms with Crippen molar-refractivity contribution in [2.45, 2.75) is 0 Å². The van der Waals surface area contributed by atoms with E-state index >= 15 is 0 Å². The molecule has 2 aromatic rings. The zero-order chi connectivity index (χ0) is 13.7. The molecule has 0 spiro atoms. The number of hydrogen-bond donors (Lipinski definition) is 1. The largest absolute Gasteiger partial charge is 0.495 e. The van der Waals surface area contributed by atoms with Gasteiger partial charge in [0, 0.05) is 18.8 Å². The van der Waals surface area contributed by atoms with Crippen molar-refractivity contribution in [3.8, 4) is 23.3 Å². The normalized spacial score (nSPS) is 9.53. The van der Waals surface area contributed by atoms with Crippen LogP contribution in [0.2, 0.25) is 0 Å². The first-order chi connectivity index (χ1) is 9.26. The highest BCUT2D eigenvalue weighted by atomic mass is 16.5. The van der Waals surface area contributed by atoms with Crippen LogP contribution in [0.15, 0.2) is 42.5 Å². The lowest BCUT2D eigenvalue weighted by atomic mass is 10.2. The van der Waals surface area contributed by atoms with E-state index in [9.17, 15) is 0 Å². The fraction of sp³-hybridized carbons (Fsp3) is 0.133. The molecule has 0 unspecified atom stereocenters. The van der Waals surface area contributed by atoms with Crippen LogP contribution in [0.25, 0.3) is 0 Å². The second-order valence-electron chi connectivity index (χ2n) is 3.85. The van der Waals surface area contributed by atoms with E-state index in [0.29, 0.717) is 17.1 Å². The van der Waals surface area contributed by atoms with E-state index < -0.39 is 0 Å². The molecule has 0 saturated heterocycles. The zero-order valence-corrected chi connectivity index (χ0v) is 10.8. The molecule has 2 aromatic carbocycles. The molecule has 0 saturated carbocycles. The van der Waals surface area contributed by atoms with Gasteiger partial charge in [0.05, 0.1) is 12.7 Å². The zero-order valence-electron chi connectivity index (χ0n) is 10.8. The summed E-state index contributed by atoms with van der Waals surface area (Å²) in [5.41, 5.74) is 1.50. The Kier molecular flexibility index (Phi) is 3.89. The van der Waals surface area contributed by atoms with Gasteiger partial charge in [0.1, 0.15) is 23.3 Å². The van der Waals surface area contributed by atoms with Gasteiger partial charge in [0.15, 0.2) is 0 Å². The number of nitrogens with one attached hydrogen (secondary N) is 1. The quantitative estimate of drug-likeness (QED) is 0.908. The summed E-state index contributed by atoms with van der Waals surface area (Å²) in [4.78, 5) is 0. The molecular weight excluding hydrogens is 240 g/mol. The van der Waals surface area contributed by atoms with Gasteiger partial charge >= 0.3 is 0 Å². The average molecular weight is 254 g/mol. The third-order valence-electron chi connectivity index (χ3n) is 2.67. The van der Waals surface area contributed by atoms with Crippen LogP contribution in [0.1, 0.15) is 5.56 Å². The van der Waals surface area contributed by atoms with Crippen LogP contribution >= 0.6 is 0 Å². The van der Waals surface area contributed by atoms with E-state index in [4.69, 9.17) is 14.7 Å². The lowest BCUT2D eigenvalue weighted by Gasteiger charge is -2.09. The summed E-state index contributed by atoms with van der Waals surface area (Å²) in [6, 6.07) is 14.8. The lowest BCUT2D eigenvalue weighted by molar-refractivity contribution is 0.407. The van der Waals surface area contributed by atoms with Crippen LogP contribution < -0.4 is 14.8 Å². The molecule has 0 atom stereocenters. The molecule has 0 fully saturated rings. The molecule has 0 heterocycles. The fourth-order valence-corrected chi connectivity index (χ4v) is 1.65. The summed E-state index contributed by atoms with van der Waals surface area (Å²) in [6.45, 7) is 0. The molecule has 4 nitrogen and oxygen atoms in total. The van der Waals surface area contributed by atoms with Gasteiger partial charge in [-0.05, 0) is 36.4 Å². The molecule has 0 aromatic heterocycles. The van der Waals surface area contributed by atoms with Crippen molar-refractivity contribution in [2.75, 3.05) is 19.5 Å². The number of nitriles is 1. The summed E-state index contributed by atoms with van der Waals surface area (Å²) in [6.07, 6.45) is 0. The summed E-state index contributed by atoms with van der Waals surface area (Å²) in [5.74, 6) is 1.87. The number of nitrogens with zero attached hydrogens (tertiary/aromatic N) is 1. The minimum Gasteiger partial charge on any atom is -0.495 e. The second-order valence-corrected chi connectivity index (χ2v) is 3.85. The highest BCUT2D eigenvalue weighted by Gasteiger charge is 2.05. The predicted octanol–water partition coefficient (Wildman–Crippen LogP) is 3.40. The lowest BCUT2D eigenvalue weighted by Crippen LogP contribution is -1.91. The fourth-order valence-electron chi connectivity index (χ4n) is 1.65. The number of hydrogen-bond acceptors (Lipinski definition) is 4. The first kappa shape index (κ1) is 12.8. The Bertz CT molecular complexity index is 601. The molecular formula is C15H14N2O2. The average Bonchev–Trinajstić information content (AvgIpc) is 2.48. The van der Waals surface area contributed by atoms with Crippen molar-refractivity contribution >= 4 is 5.69 Å². The summed E-state index contributed by atoms with van der Waals surface area (Å²) in [7, 11) is 3.39. The highest BCUT2D eigenvalue weighted by Crippen LogP contribution is 2.28. The van der Waals surface area contributed by atoms with Crippen LogP contribution in [0.5, 0.6) is 17.2 Å². The van der Waals surface area contributed by atoms with Gasteiger partial charge in [0.25, 0.3) is 0 Å². The summed E-state index contributed by atoms with van der Waals surface area (Å²) in [5, 5.41) is 11.9. The molecule has 0 aliphatic carbocycles. The van der Waals surface area contributed by atoms with Crippen molar-refractivity contribution in [1.29, 1.82) is 5.26 Å². The van der Waals surface area contributed by atoms with Gasteiger partial charge in [-0.25, -0.2) is 0 Å². The molecule has 19 heavy (non-hydrogen) atoms. The first-order valence-electron chi connectivity index (χ1n) is 5.80. The summed E-state index contributed by atoms with van der Waals surface area (Å²) >= 11 is 0. The first-order valence-corrected chi connectivity index (χ1v) is 5.80. The van der Waals surface area contributed by atoms with Crippen molar-refractivity contribution in [3.05, 3.63) is 48.0 Å². The van der Waals surface area contributed by atoms with Crippen LogP contribution in [-0.4, -0.2) is 14.2 Å². The number of anilines is 1. The van der Waals surface area contributed by atoms with Crippen molar-refractivity contribution in [1.82, 2.24) is 0 Å². The van der Waals surface area contributed by atoms with Crippen LogP contribution in [-0.2, 0) is 0 Å². The smallest absolute Gasteiger partial charge is 0.140 e. The van der Waals surface area contributed by atoms with Crippen molar-refractivity contribution < 1.29 is 9.47 Å². The Morgan fingerprint density at radius 3 is 2.32 bits per heavy atom. The van der Waals surface area contributed by atoms with Gasteiger partial charge in [-0.1, -0.05) is 0 Å². The molecule has 0 aliphatic heterocycles. The third kappa shape index (κ3) is 2.96. The van der Waals surface area contributed by atoms with Crippen molar-refractivity contribution in [2.24, 2.45) is 0 Å². The molecule has 2 rings (SSSR count). The van der Waals surface area contributed by atoms with E-state index in [1.807, 2.05) is 31.3 Å². The van der Waals surface area contributed by atoms with E-state index in [0.717, 1.165) is 11.4 Å². The van der Waals surface area contributed by atoms with Crippen molar-refractivity contribution in [3.63, 3.8) is 0 Å². The Hall–Kier alpha value is -2.67. The van der Waals surface area contributed by atoms with Gasteiger partial charge in [0.2, 0.25) is 0 Å². The molecule has 4 heteroatoms. The van der Waals surface area contributed by atoms with Gasteiger partial charge in [-0.3, -0.25) is 0 Å². The molecule has 0 amide bonds. The van der Waals surface area contributed by atoms with Crippen LogP contribution in [0, 0.1) is 11.3 Å². The maximum atomic E-state index is 8.91. The van der Waals surface area contributed by atoms with Gasteiger partial charge in [-0.15, -0.1) is 0 Å². The molecule has 0 radical (unpaired) electrons. The minimum atomic E-state index is 0.486. The van der Waals surface area contributed by atoms with E-state index in [1.165, 1.54) is 7.11 Å². The standard InChI is InChI=1S/C15H14N2O2/c1-17-12-4-7-13(8-5-12)19-14-6-3-11(10-16)15(9-14)18-2/h3-9,17H,1-2H3. The molecule has 0 bridgehead atoms. The second kappa shape index (κ2) is 5.78. The minimum absolute atomic E-state index is 0.486. The third-order valence-corrected chi connectivity index (χ3v) is 2.67. The van der Waals surface area contributed by atoms with E-state index in [2.05, 4.69) is 11.4 Å². The predicted molar refractivity (Wildman–Crippen MR) is 73.8 cm³/mol. The Labute approximate surface area is 112 Å². The number of ether oxygens (including phenoxy) is 2. The molecule has 0 aliphatic rings. The highest BCUT2D eigenvalue weighted by molar-refractivity contribution is 5.50. The maximum Gasteiger partial charge on any atom is 0.140 e. The Morgan fingerprint density at radius 2 is 1.74 bits per heavy atom.